The maximum absolute atomic E-state index is 4.62. The second-order valence-electron chi connectivity index (χ2n) is 0.816. The van der Waals surface area contributed by atoms with Crippen LogP contribution in [0.1, 0.15) is 0 Å². The minimum atomic E-state index is 0.806. The predicted molar refractivity (Wildman–Crippen MR) is 26.3 cm³/mol. The molecule has 0 amide bonds. The molecule has 2 nitrogen and oxygen atoms in total. The molecular weight excluding hydrogens is 98.1 g/mol. The molecule has 1 rings (SSSR count). The second-order valence-corrected chi connectivity index (χ2v) is 1.60. The van der Waals surface area contributed by atoms with Gasteiger partial charge in [-0.05, 0) is 0 Å². The van der Waals surface area contributed by atoms with Crippen molar-refractivity contribution in [1.82, 2.24) is 0 Å². The third-order valence-electron chi connectivity index (χ3n) is 0.408. The lowest BCUT2D eigenvalue weighted by Crippen LogP contribution is -1.87. The molecule has 0 saturated carbocycles. The van der Waals surface area contributed by atoms with Crippen LogP contribution in [0.25, 0.3) is 0 Å². The molecule has 33 valence electrons. The van der Waals surface area contributed by atoms with E-state index in [1.54, 1.807) is 17.7 Å². The van der Waals surface area contributed by atoms with Gasteiger partial charge in [0.15, 0.2) is 12.3 Å². The Bertz CT molecular complexity index is 55.8. The molecule has 0 unspecified atom stereocenters. The number of hydrogen-bond donors (Lipinski definition) is 0. The highest BCUT2D eigenvalue weighted by atomic mass is 32.2. The Labute approximate surface area is 40.6 Å². The first-order valence-corrected chi connectivity index (χ1v) is 2.62. The molecule has 1 aliphatic heterocycles. The molecule has 0 aliphatic carbocycles. The third kappa shape index (κ3) is 0.897. The number of nitrogens with zero attached hydrogens (tertiary/aromatic N) is 1. The number of hydrogen-bond acceptors (Lipinski definition) is 3. The molecule has 1 radical (unpaired) electrons. The Morgan fingerprint density at radius 3 is 3.00 bits per heavy atom. The van der Waals surface area contributed by atoms with Crippen LogP contribution in [0, 0.1) is 5.94 Å². The van der Waals surface area contributed by atoms with Crippen molar-refractivity contribution in [2.24, 2.45) is 4.99 Å². The van der Waals surface area contributed by atoms with Gasteiger partial charge in [-0.25, -0.2) is 4.99 Å². The average molecular weight is 102 g/mol. The fourth-order valence-corrected chi connectivity index (χ4v) is 0.547. The number of aliphatic imine (C=N–C) groups is 1. The molecule has 0 fully saturated rings. The average Bonchev–Trinajstić information content (AvgIpc) is 1.72. The summed E-state index contributed by atoms with van der Waals surface area (Å²) < 4.78 is 4.62. The molecular formula is C3H4NOS. The van der Waals surface area contributed by atoms with E-state index in [1.165, 1.54) is 6.40 Å². The first kappa shape index (κ1) is 3.99. The first-order valence-electron chi connectivity index (χ1n) is 1.57. The number of rotatable bonds is 0. The van der Waals surface area contributed by atoms with Crippen molar-refractivity contribution >= 4 is 18.2 Å². The fourth-order valence-electron chi connectivity index (χ4n) is 0.211. The summed E-state index contributed by atoms with van der Waals surface area (Å²) in [6, 6.07) is 0. The summed E-state index contributed by atoms with van der Waals surface area (Å²) in [5.74, 6) is 2.47. The standard InChI is InChI=1S/C3H4NOS/c1-4-2-6-3-5-1/h1,3H,2H2. The summed E-state index contributed by atoms with van der Waals surface area (Å²) in [7, 11) is 0. The Hall–Kier alpha value is -0.180. The Kier molecular flexibility index (Phi) is 1.38. The molecule has 0 saturated heterocycles. The zero-order valence-corrected chi connectivity index (χ0v) is 3.94. The quantitative estimate of drug-likeness (QED) is 0.452. The highest BCUT2D eigenvalue weighted by Gasteiger charge is 1.88. The Balaban J connectivity index is 2.26. The van der Waals surface area contributed by atoms with Gasteiger partial charge in [-0.15, -0.1) is 0 Å². The van der Waals surface area contributed by atoms with Crippen molar-refractivity contribution in [3.63, 3.8) is 0 Å². The fraction of sp³-hybridized carbons (Fsp3) is 0.333. The van der Waals surface area contributed by atoms with Crippen molar-refractivity contribution in [2.45, 2.75) is 0 Å². The minimum Gasteiger partial charge on any atom is -0.465 e. The van der Waals surface area contributed by atoms with Crippen molar-refractivity contribution < 1.29 is 4.74 Å². The lowest BCUT2D eigenvalue weighted by atomic mass is 11.3. The van der Waals surface area contributed by atoms with Crippen LogP contribution in [-0.4, -0.2) is 12.3 Å². The van der Waals surface area contributed by atoms with E-state index in [0.717, 1.165) is 5.88 Å². The van der Waals surface area contributed by atoms with Gasteiger partial charge in [0.1, 0.15) is 0 Å². The van der Waals surface area contributed by atoms with Gasteiger partial charge in [0.05, 0.1) is 5.88 Å². The van der Waals surface area contributed by atoms with Crippen molar-refractivity contribution in [2.75, 3.05) is 5.88 Å². The van der Waals surface area contributed by atoms with E-state index >= 15 is 0 Å². The zero-order chi connectivity index (χ0) is 4.24. The van der Waals surface area contributed by atoms with E-state index in [4.69, 9.17) is 0 Å². The Morgan fingerprint density at radius 1 is 1.83 bits per heavy atom. The Morgan fingerprint density at radius 2 is 2.83 bits per heavy atom. The first-order chi connectivity index (χ1) is 3.00. The van der Waals surface area contributed by atoms with Gasteiger partial charge in [-0.2, -0.15) is 0 Å². The summed E-state index contributed by atoms with van der Waals surface area (Å²) in [5.41, 5.74) is 0. The molecule has 6 heavy (non-hydrogen) atoms. The SMILES string of the molecule is [CH]1OC=NCS1. The van der Waals surface area contributed by atoms with Gasteiger partial charge in [0.2, 0.25) is 0 Å². The van der Waals surface area contributed by atoms with Gasteiger partial charge in [-0.1, -0.05) is 11.8 Å². The molecule has 0 aromatic rings. The van der Waals surface area contributed by atoms with Crippen molar-refractivity contribution in [1.29, 1.82) is 0 Å². The minimum absolute atomic E-state index is 0.806. The normalized spacial score (nSPS) is 20.0. The molecule has 0 spiro atoms. The highest BCUT2D eigenvalue weighted by Crippen LogP contribution is 2.07. The molecule has 0 aromatic heterocycles. The number of thioether (sulfide) groups is 1. The zero-order valence-electron chi connectivity index (χ0n) is 3.13. The van der Waals surface area contributed by atoms with Crippen LogP contribution in [0.5, 0.6) is 0 Å². The second kappa shape index (κ2) is 2.08. The van der Waals surface area contributed by atoms with Gasteiger partial charge in [0, 0.05) is 0 Å². The van der Waals surface area contributed by atoms with Gasteiger partial charge in [-0.3, -0.25) is 0 Å². The molecule has 1 heterocycles. The van der Waals surface area contributed by atoms with Crippen LogP contribution in [0.2, 0.25) is 0 Å². The van der Waals surface area contributed by atoms with Crippen LogP contribution in [0.3, 0.4) is 0 Å². The smallest absolute Gasteiger partial charge is 0.193 e. The lowest BCUT2D eigenvalue weighted by molar-refractivity contribution is 0.462. The van der Waals surface area contributed by atoms with Gasteiger partial charge >= 0.3 is 0 Å². The van der Waals surface area contributed by atoms with E-state index in [0.29, 0.717) is 0 Å². The predicted octanol–water partition coefficient (Wildman–Crippen LogP) is 0.855. The van der Waals surface area contributed by atoms with Gasteiger partial charge < -0.3 is 4.74 Å². The molecule has 1 aliphatic rings. The van der Waals surface area contributed by atoms with Crippen LogP contribution in [0.4, 0.5) is 0 Å². The summed E-state index contributed by atoms with van der Waals surface area (Å²) in [5, 5.41) is 0. The summed E-state index contributed by atoms with van der Waals surface area (Å²) in [6.45, 7) is 0. The van der Waals surface area contributed by atoms with Crippen molar-refractivity contribution in [3.8, 4) is 0 Å². The summed E-state index contributed by atoms with van der Waals surface area (Å²) in [4.78, 5) is 3.76. The topological polar surface area (TPSA) is 21.6 Å². The van der Waals surface area contributed by atoms with Crippen LogP contribution in [0.15, 0.2) is 4.99 Å². The van der Waals surface area contributed by atoms with E-state index in [-0.39, 0.29) is 0 Å². The summed E-state index contributed by atoms with van der Waals surface area (Å²) in [6.07, 6.45) is 1.44. The van der Waals surface area contributed by atoms with E-state index in [9.17, 15) is 0 Å². The third-order valence-corrected chi connectivity index (χ3v) is 0.953. The van der Waals surface area contributed by atoms with Crippen LogP contribution in [-0.2, 0) is 4.74 Å². The van der Waals surface area contributed by atoms with E-state index in [1.807, 2.05) is 0 Å². The number of ether oxygens (including phenoxy) is 1. The maximum atomic E-state index is 4.62. The molecule has 0 bridgehead atoms. The highest BCUT2D eigenvalue weighted by molar-refractivity contribution is 8.01. The van der Waals surface area contributed by atoms with Crippen molar-refractivity contribution in [3.05, 3.63) is 5.94 Å². The van der Waals surface area contributed by atoms with Crippen LogP contribution < -0.4 is 0 Å². The van der Waals surface area contributed by atoms with Gasteiger partial charge in [0.25, 0.3) is 0 Å². The van der Waals surface area contributed by atoms with E-state index in [2.05, 4.69) is 9.73 Å². The molecule has 0 N–H and O–H groups in total. The van der Waals surface area contributed by atoms with Crippen LogP contribution >= 0.6 is 11.8 Å². The lowest BCUT2D eigenvalue weighted by Gasteiger charge is -1.99. The maximum Gasteiger partial charge on any atom is 0.193 e. The molecule has 3 heteroatoms. The molecule has 0 atom stereocenters. The monoisotopic (exact) mass is 102 g/mol. The summed E-state index contributed by atoms with van der Waals surface area (Å²) >= 11 is 1.55. The molecule has 0 aromatic carbocycles. The van der Waals surface area contributed by atoms with E-state index < -0.39 is 0 Å². The largest absolute Gasteiger partial charge is 0.465 e.